The molecule has 2 atom stereocenters. The van der Waals surface area contributed by atoms with Crippen LogP contribution in [0, 0.1) is 12.8 Å². The van der Waals surface area contributed by atoms with Crippen LogP contribution in [0.3, 0.4) is 0 Å². The molecule has 1 aromatic heterocycles. The van der Waals surface area contributed by atoms with E-state index in [-0.39, 0.29) is 17.9 Å². The fourth-order valence-corrected chi connectivity index (χ4v) is 4.90. The van der Waals surface area contributed by atoms with E-state index in [0.29, 0.717) is 6.54 Å². The van der Waals surface area contributed by atoms with Gasteiger partial charge in [0.15, 0.2) is 5.82 Å². The summed E-state index contributed by atoms with van der Waals surface area (Å²) in [5.41, 5.74) is 2.29. The van der Waals surface area contributed by atoms with E-state index in [1.165, 1.54) is 5.56 Å². The van der Waals surface area contributed by atoms with Crippen LogP contribution in [0.25, 0.3) is 0 Å². The summed E-state index contributed by atoms with van der Waals surface area (Å²) in [5, 5.41) is 4.06. The number of nitrogens with zero attached hydrogens (tertiary/aromatic N) is 3. The molecule has 6 nitrogen and oxygen atoms in total. The van der Waals surface area contributed by atoms with Crippen LogP contribution >= 0.6 is 11.8 Å². The highest BCUT2D eigenvalue weighted by Gasteiger charge is 2.29. The van der Waals surface area contributed by atoms with Gasteiger partial charge in [0.25, 0.3) is 0 Å². The Kier molecular flexibility index (Phi) is 7.50. The number of benzene rings is 2. The number of aryl methyl sites for hydroxylation is 1. The molecule has 2 heterocycles. The van der Waals surface area contributed by atoms with Gasteiger partial charge in [-0.1, -0.05) is 41.6 Å². The van der Waals surface area contributed by atoms with Crippen LogP contribution in [0.15, 0.2) is 70.8 Å². The van der Waals surface area contributed by atoms with E-state index in [1.807, 2.05) is 31.2 Å². The fraction of sp³-hybridized carbons (Fsp3) is 0.346. The number of carbonyl (C=O) groups is 1. The predicted molar refractivity (Wildman–Crippen MR) is 132 cm³/mol. The Morgan fingerprint density at radius 3 is 2.58 bits per heavy atom. The highest BCUT2D eigenvalue weighted by Crippen LogP contribution is 2.34. The second-order valence-electron chi connectivity index (χ2n) is 8.39. The Bertz CT molecular complexity index is 1070. The summed E-state index contributed by atoms with van der Waals surface area (Å²) in [7, 11) is 1.65. The molecule has 33 heavy (non-hydrogen) atoms. The van der Waals surface area contributed by atoms with E-state index < -0.39 is 0 Å². The number of methoxy groups -OCH3 is 1. The first-order valence-electron chi connectivity index (χ1n) is 11.3. The van der Waals surface area contributed by atoms with Crippen LogP contribution in [-0.4, -0.2) is 36.1 Å². The van der Waals surface area contributed by atoms with Crippen molar-refractivity contribution < 1.29 is 9.53 Å². The number of carbonyl (C=O) groups excluding carboxylic acids is 1. The van der Waals surface area contributed by atoms with E-state index in [9.17, 15) is 4.79 Å². The quantitative estimate of drug-likeness (QED) is 0.531. The maximum absolute atomic E-state index is 13.1. The molecule has 7 heteroatoms. The van der Waals surface area contributed by atoms with Gasteiger partial charge >= 0.3 is 0 Å². The SMILES string of the molecule is COc1ccc(C(C)NC(=O)C2CCCN(c3nccnc3Sc3ccc(C)cc3)C2)cc1. The molecule has 1 N–H and O–H groups in total. The van der Waals surface area contributed by atoms with E-state index in [2.05, 4.69) is 51.4 Å². The zero-order valence-electron chi connectivity index (χ0n) is 19.3. The topological polar surface area (TPSA) is 67.3 Å². The van der Waals surface area contributed by atoms with Crippen LogP contribution in [0.2, 0.25) is 0 Å². The molecule has 4 rings (SSSR count). The summed E-state index contributed by atoms with van der Waals surface area (Å²) in [5.74, 6) is 1.66. The van der Waals surface area contributed by atoms with Crippen LogP contribution in [0.4, 0.5) is 5.82 Å². The summed E-state index contributed by atoms with van der Waals surface area (Å²) in [6.45, 7) is 5.61. The van der Waals surface area contributed by atoms with Crippen LogP contribution in [-0.2, 0) is 4.79 Å². The minimum atomic E-state index is -0.0846. The van der Waals surface area contributed by atoms with Crippen molar-refractivity contribution in [2.45, 2.75) is 42.7 Å². The van der Waals surface area contributed by atoms with Gasteiger partial charge in [0.05, 0.1) is 19.1 Å². The third-order valence-corrected chi connectivity index (χ3v) is 6.94. The smallest absolute Gasteiger partial charge is 0.225 e. The Labute approximate surface area is 199 Å². The minimum Gasteiger partial charge on any atom is -0.497 e. The predicted octanol–water partition coefficient (Wildman–Crippen LogP) is 5.04. The van der Waals surface area contributed by atoms with Crippen molar-refractivity contribution >= 4 is 23.5 Å². The molecule has 0 aliphatic carbocycles. The molecule has 1 amide bonds. The summed E-state index contributed by atoms with van der Waals surface area (Å²) in [6, 6.07) is 16.2. The molecule has 172 valence electrons. The number of rotatable bonds is 7. The van der Waals surface area contributed by atoms with Crippen LogP contribution in [0.5, 0.6) is 5.75 Å². The molecule has 0 saturated carbocycles. The van der Waals surface area contributed by atoms with Gasteiger partial charge in [0, 0.05) is 30.4 Å². The Morgan fingerprint density at radius 2 is 1.85 bits per heavy atom. The van der Waals surface area contributed by atoms with Gasteiger partial charge in [-0.3, -0.25) is 4.79 Å². The van der Waals surface area contributed by atoms with Crippen LogP contribution in [0.1, 0.15) is 36.9 Å². The van der Waals surface area contributed by atoms with Crippen molar-refractivity contribution in [1.29, 1.82) is 0 Å². The Morgan fingerprint density at radius 1 is 1.12 bits per heavy atom. The molecule has 2 aromatic carbocycles. The number of nitrogens with one attached hydrogen (secondary N) is 1. The van der Waals surface area contributed by atoms with Crippen molar-refractivity contribution in [1.82, 2.24) is 15.3 Å². The zero-order valence-corrected chi connectivity index (χ0v) is 20.1. The third kappa shape index (κ3) is 5.85. The van der Waals surface area contributed by atoms with Gasteiger partial charge in [-0.05, 0) is 56.5 Å². The van der Waals surface area contributed by atoms with Crippen molar-refractivity contribution in [3.05, 3.63) is 72.1 Å². The average Bonchev–Trinajstić information content (AvgIpc) is 2.86. The summed E-state index contributed by atoms with van der Waals surface area (Å²) in [6.07, 6.45) is 5.27. The molecular formula is C26H30N4O2S. The molecule has 0 spiro atoms. The lowest BCUT2D eigenvalue weighted by Gasteiger charge is -2.34. The molecule has 0 radical (unpaired) electrons. The third-order valence-electron chi connectivity index (χ3n) is 5.95. The number of ether oxygens (including phenoxy) is 1. The lowest BCUT2D eigenvalue weighted by molar-refractivity contribution is -0.125. The van der Waals surface area contributed by atoms with E-state index in [4.69, 9.17) is 4.74 Å². The van der Waals surface area contributed by atoms with Gasteiger partial charge in [-0.2, -0.15) is 0 Å². The Hall–Kier alpha value is -3.06. The number of amides is 1. The highest BCUT2D eigenvalue weighted by atomic mass is 32.2. The molecule has 1 aliphatic heterocycles. The largest absolute Gasteiger partial charge is 0.497 e. The maximum Gasteiger partial charge on any atom is 0.225 e. The lowest BCUT2D eigenvalue weighted by atomic mass is 9.96. The first-order valence-corrected chi connectivity index (χ1v) is 12.1. The fourth-order valence-electron chi connectivity index (χ4n) is 4.02. The zero-order chi connectivity index (χ0) is 23.2. The monoisotopic (exact) mass is 462 g/mol. The number of piperidine rings is 1. The van der Waals surface area contributed by atoms with E-state index in [1.54, 1.807) is 31.3 Å². The van der Waals surface area contributed by atoms with Crippen molar-refractivity contribution in [3.8, 4) is 5.75 Å². The molecule has 0 bridgehead atoms. The first-order chi connectivity index (χ1) is 16.0. The molecule has 1 aliphatic rings. The molecule has 2 unspecified atom stereocenters. The Balaban J connectivity index is 1.42. The molecule has 3 aromatic rings. The molecular weight excluding hydrogens is 432 g/mol. The van der Waals surface area contributed by atoms with Crippen molar-refractivity contribution in [2.24, 2.45) is 5.92 Å². The average molecular weight is 463 g/mol. The van der Waals surface area contributed by atoms with Crippen molar-refractivity contribution in [2.75, 3.05) is 25.1 Å². The lowest BCUT2D eigenvalue weighted by Crippen LogP contribution is -2.44. The minimum absolute atomic E-state index is 0.0667. The highest BCUT2D eigenvalue weighted by molar-refractivity contribution is 7.99. The standard InChI is InChI=1S/C26H30N4O2S/c1-18-6-12-23(13-7-18)33-26-24(27-14-15-28-26)30-16-4-5-21(17-30)25(31)29-19(2)20-8-10-22(32-3)11-9-20/h6-15,19,21H,4-5,16-17H2,1-3H3,(H,29,31). The normalized spacial score (nSPS) is 16.8. The van der Waals surface area contributed by atoms with Gasteiger partial charge in [0.1, 0.15) is 10.8 Å². The number of aromatic nitrogens is 2. The van der Waals surface area contributed by atoms with Gasteiger partial charge in [-0.15, -0.1) is 0 Å². The number of hydrogen-bond donors (Lipinski definition) is 1. The number of hydrogen-bond acceptors (Lipinski definition) is 6. The summed E-state index contributed by atoms with van der Waals surface area (Å²) >= 11 is 1.61. The van der Waals surface area contributed by atoms with Gasteiger partial charge in [-0.25, -0.2) is 9.97 Å². The van der Waals surface area contributed by atoms with Gasteiger partial charge in [0.2, 0.25) is 5.91 Å². The second-order valence-corrected chi connectivity index (χ2v) is 9.45. The van der Waals surface area contributed by atoms with Gasteiger partial charge < -0.3 is 15.0 Å². The maximum atomic E-state index is 13.1. The van der Waals surface area contributed by atoms with Crippen molar-refractivity contribution in [3.63, 3.8) is 0 Å². The number of anilines is 1. The summed E-state index contributed by atoms with van der Waals surface area (Å²) < 4.78 is 5.23. The van der Waals surface area contributed by atoms with Crippen LogP contribution < -0.4 is 15.0 Å². The second kappa shape index (κ2) is 10.7. The molecule has 1 fully saturated rings. The molecule has 1 saturated heterocycles. The summed E-state index contributed by atoms with van der Waals surface area (Å²) in [4.78, 5) is 25.6. The van der Waals surface area contributed by atoms with E-state index in [0.717, 1.165) is 46.4 Å². The van der Waals surface area contributed by atoms with E-state index >= 15 is 0 Å². The first kappa shape index (κ1) is 23.1.